The fourth-order valence-corrected chi connectivity index (χ4v) is 2.60. The van der Waals surface area contributed by atoms with Crippen molar-refractivity contribution in [2.75, 3.05) is 13.2 Å². The highest BCUT2D eigenvalue weighted by Gasteiger charge is 2.09. The molecule has 134 valence electrons. The summed E-state index contributed by atoms with van der Waals surface area (Å²) in [7, 11) is 0. The van der Waals surface area contributed by atoms with Crippen LogP contribution in [-0.2, 0) is 0 Å². The maximum atomic E-state index is 5.55. The van der Waals surface area contributed by atoms with Gasteiger partial charge >= 0.3 is 0 Å². The van der Waals surface area contributed by atoms with Crippen LogP contribution in [0.1, 0.15) is 19.4 Å². The molecule has 6 nitrogen and oxygen atoms in total. The second-order valence-corrected chi connectivity index (χ2v) is 5.76. The van der Waals surface area contributed by atoms with Crippen molar-refractivity contribution in [3.63, 3.8) is 0 Å². The predicted octanol–water partition coefficient (Wildman–Crippen LogP) is 4.29. The molecule has 0 aliphatic carbocycles. The lowest BCUT2D eigenvalue weighted by molar-refractivity contribution is 0.340. The largest absolute Gasteiger partial charge is 0.494 e. The second-order valence-electron chi connectivity index (χ2n) is 5.37. The van der Waals surface area contributed by atoms with E-state index < -0.39 is 0 Å². The summed E-state index contributed by atoms with van der Waals surface area (Å²) in [5.41, 5.74) is 1.80. The first kappa shape index (κ1) is 17.9. The minimum atomic E-state index is 0.420. The number of nitrogens with one attached hydrogen (secondary N) is 1. The molecule has 0 spiro atoms. The molecule has 0 aliphatic rings. The molecule has 0 fully saturated rings. The van der Waals surface area contributed by atoms with Crippen LogP contribution < -0.4 is 9.47 Å². The maximum Gasteiger partial charge on any atom is 0.216 e. The van der Waals surface area contributed by atoms with Crippen LogP contribution >= 0.6 is 12.2 Å². The molecule has 3 aromatic rings. The van der Waals surface area contributed by atoms with Gasteiger partial charge in [0, 0.05) is 5.56 Å². The Morgan fingerprint density at radius 1 is 1.08 bits per heavy atom. The number of hydrogen-bond donors (Lipinski definition) is 1. The molecule has 0 atom stereocenters. The fourth-order valence-electron chi connectivity index (χ4n) is 2.42. The summed E-state index contributed by atoms with van der Waals surface area (Å²) >= 11 is 5.31. The van der Waals surface area contributed by atoms with Gasteiger partial charge in [0.25, 0.3) is 0 Å². The van der Waals surface area contributed by atoms with Crippen LogP contribution in [0.3, 0.4) is 0 Å². The third-order valence-corrected chi connectivity index (χ3v) is 3.83. The summed E-state index contributed by atoms with van der Waals surface area (Å²) in [6.45, 7) is 5.15. The Balaban J connectivity index is 1.88. The zero-order valence-corrected chi connectivity index (χ0v) is 15.5. The van der Waals surface area contributed by atoms with Gasteiger partial charge in [-0.2, -0.15) is 14.9 Å². The van der Waals surface area contributed by atoms with Gasteiger partial charge in [0.1, 0.15) is 11.5 Å². The number of H-pyrrole nitrogens is 1. The number of rotatable bonds is 7. The van der Waals surface area contributed by atoms with E-state index >= 15 is 0 Å². The second kappa shape index (κ2) is 8.44. The molecule has 1 heterocycles. The molecule has 3 rings (SSSR count). The number of aromatic amines is 1. The van der Waals surface area contributed by atoms with E-state index in [1.165, 1.54) is 0 Å². The lowest BCUT2D eigenvalue weighted by Gasteiger charge is -2.05. The van der Waals surface area contributed by atoms with Gasteiger partial charge in [0.2, 0.25) is 4.77 Å². The molecule has 0 amide bonds. The van der Waals surface area contributed by atoms with Crippen molar-refractivity contribution in [3.05, 3.63) is 58.9 Å². The van der Waals surface area contributed by atoms with Crippen molar-refractivity contribution in [1.29, 1.82) is 0 Å². The monoisotopic (exact) mass is 368 g/mol. The first-order valence-electron chi connectivity index (χ1n) is 8.39. The maximum absolute atomic E-state index is 5.55. The highest BCUT2D eigenvalue weighted by Crippen LogP contribution is 2.22. The molecule has 7 heteroatoms. The van der Waals surface area contributed by atoms with E-state index in [0.717, 1.165) is 22.6 Å². The summed E-state index contributed by atoms with van der Waals surface area (Å²) in [5.74, 6) is 2.23. The normalized spacial score (nSPS) is 11.0. The molecule has 0 aliphatic heterocycles. The molecule has 2 aromatic carbocycles. The van der Waals surface area contributed by atoms with E-state index in [1.807, 2.05) is 62.4 Å². The Bertz CT molecular complexity index is 945. The van der Waals surface area contributed by atoms with Crippen molar-refractivity contribution in [2.45, 2.75) is 13.8 Å². The first-order valence-corrected chi connectivity index (χ1v) is 8.80. The van der Waals surface area contributed by atoms with Crippen molar-refractivity contribution in [1.82, 2.24) is 14.9 Å². The summed E-state index contributed by atoms with van der Waals surface area (Å²) in [6, 6.07) is 15.4. The summed E-state index contributed by atoms with van der Waals surface area (Å²) < 4.78 is 13.0. The Labute approximate surface area is 157 Å². The molecule has 0 saturated carbocycles. The van der Waals surface area contributed by atoms with Crippen LogP contribution in [0, 0.1) is 4.77 Å². The van der Waals surface area contributed by atoms with Crippen molar-refractivity contribution in [2.24, 2.45) is 5.10 Å². The number of nitrogens with zero attached hydrogens (tertiary/aromatic N) is 3. The van der Waals surface area contributed by atoms with Gasteiger partial charge in [-0.15, -0.1) is 0 Å². The van der Waals surface area contributed by atoms with Crippen LogP contribution in [0.15, 0.2) is 53.6 Å². The summed E-state index contributed by atoms with van der Waals surface area (Å²) in [4.78, 5) is 0. The summed E-state index contributed by atoms with van der Waals surface area (Å²) in [5, 5.41) is 11.6. The van der Waals surface area contributed by atoms with Gasteiger partial charge in [-0.3, -0.25) is 0 Å². The Morgan fingerprint density at radius 3 is 2.54 bits per heavy atom. The van der Waals surface area contributed by atoms with E-state index in [0.29, 0.717) is 23.8 Å². The molecule has 1 aromatic heterocycles. The molecular formula is C19H20N4O2S. The number of ether oxygens (including phenoxy) is 2. The lowest BCUT2D eigenvalue weighted by Crippen LogP contribution is -1.96. The smallest absolute Gasteiger partial charge is 0.216 e. The van der Waals surface area contributed by atoms with Gasteiger partial charge in [-0.25, -0.2) is 5.10 Å². The molecule has 0 unspecified atom stereocenters. The van der Waals surface area contributed by atoms with Crippen LogP contribution in [0.4, 0.5) is 0 Å². The van der Waals surface area contributed by atoms with Gasteiger partial charge in [0.15, 0.2) is 5.82 Å². The van der Waals surface area contributed by atoms with Gasteiger partial charge in [-0.1, -0.05) is 12.1 Å². The zero-order valence-electron chi connectivity index (χ0n) is 14.7. The molecule has 1 N–H and O–H groups in total. The predicted molar refractivity (Wildman–Crippen MR) is 105 cm³/mol. The van der Waals surface area contributed by atoms with Gasteiger partial charge in [-0.05, 0) is 68.0 Å². The fraction of sp³-hybridized carbons (Fsp3) is 0.211. The minimum Gasteiger partial charge on any atom is -0.494 e. The van der Waals surface area contributed by atoms with Crippen LogP contribution in [0.2, 0.25) is 0 Å². The molecular weight excluding hydrogens is 348 g/mol. The van der Waals surface area contributed by atoms with E-state index in [-0.39, 0.29) is 0 Å². The van der Waals surface area contributed by atoms with Crippen molar-refractivity contribution in [3.8, 4) is 22.9 Å². The van der Waals surface area contributed by atoms with Gasteiger partial charge < -0.3 is 9.47 Å². The highest BCUT2D eigenvalue weighted by atomic mass is 32.1. The van der Waals surface area contributed by atoms with Crippen LogP contribution in [-0.4, -0.2) is 34.3 Å². The Kier molecular flexibility index (Phi) is 5.80. The van der Waals surface area contributed by atoms with E-state index in [2.05, 4.69) is 15.3 Å². The minimum absolute atomic E-state index is 0.420. The zero-order chi connectivity index (χ0) is 18.4. The van der Waals surface area contributed by atoms with Crippen LogP contribution in [0.25, 0.3) is 11.4 Å². The summed E-state index contributed by atoms with van der Waals surface area (Å²) in [6.07, 6.45) is 1.73. The van der Waals surface area contributed by atoms with E-state index in [9.17, 15) is 0 Å². The van der Waals surface area contributed by atoms with E-state index in [1.54, 1.807) is 10.9 Å². The standard InChI is InChI=1S/C19H20N4O2S/c1-3-24-16-10-8-14(9-11-16)13-20-23-18(21-22-19(23)26)15-6-5-7-17(12-15)25-4-2/h5-13H,3-4H2,1-2H3,(H,22,26). The number of hydrogen-bond acceptors (Lipinski definition) is 5. The number of benzene rings is 2. The lowest BCUT2D eigenvalue weighted by atomic mass is 10.2. The van der Waals surface area contributed by atoms with Crippen molar-refractivity contribution >= 4 is 18.4 Å². The van der Waals surface area contributed by atoms with E-state index in [4.69, 9.17) is 21.7 Å². The first-order chi connectivity index (χ1) is 12.7. The molecule has 0 saturated heterocycles. The Hall–Kier alpha value is -2.93. The average molecular weight is 368 g/mol. The third-order valence-electron chi connectivity index (χ3n) is 3.57. The van der Waals surface area contributed by atoms with Gasteiger partial charge in [0.05, 0.1) is 19.4 Å². The van der Waals surface area contributed by atoms with Crippen molar-refractivity contribution < 1.29 is 9.47 Å². The quantitative estimate of drug-likeness (QED) is 0.499. The Morgan fingerprint density at radius 2 is 1.81 bits per heavy atom. The SMILES string of the molecule is CCOc1ccc(C=Nn2c(-c3cccc(OCC)c3)n[nH]c2=S)cc1. The third kappa shape index (κ3) is 4.18. The highest BCUT2D eigenvalue weighted by molar-refractivity contribution is 7.71. The topological polar surface area (TPSA) is 64.4 Å². The number of aromatic nitrogens is 3. The molecule has 0 radical (unpaired) electrons. The average Bonchev–Trinajstić information content (AvgIpc) is 3.03. The van der Waals surface area contributed by atoms with Crippen LogP contribution in [0.5, 0.6) is 11.5 Å². The molecule has 26 heavy (non-hydrogen) atoms. The molecule has 0 bridgehead atoms.